The van der Waals surface area contributed by atoms with Crippen LogP contribution in [0.4, 0.5) is 11.5 Å². The average molecular weight is 427 g/mol. The molecular weight excluding hydrogens is 396 g/mol. The molecule has 2 amide bonds. The largest absolute Gasteiger partial charge is 0.395 e. The Morgan fingerprint density at radius 3 is 2.55 bits per heavy atom. The van der Waals surface area contributed by atoms with E-state index in [0.29, 0.717) is 43.4 Å². The Labute approximate surface area is 182 Å². The van der Waals surface area contributed by atoms with E-state index in [0.717, 1.165) is 18.1 Å². The van der Waals surface area contributed by atoms with Crippen molar-refractivity contribution in [3.8, 4) is 0 Å². The van der Waals surface area contributed by atoms with Crippen molar-refractivity contribution in [1.82, 2.24) is 20.2 Å². The molecule has 0 atom stereocenters. The summed E-state index contributed by atoms with van der Waals surface area (Å²) in [6.45, 7) is 7.74. The molecule has 9 heteroatoms. The van der Waals surface area contributed by atoms with Crippen molar-refractivity contribution in [3.63, 3.8) is 0 Å². The number of piperazine rings is 1. The molecule has 166 valence electrons. The minimum atomic E-state index is -0.327. The van der Waals surface area contributed by atoms with Gasteiger partial charge in [0.1, 0.15) is 5.69 Å². The van der Waals surface area contributed by atoms with Gasteiger partial charge in [-0.05, 0) is 30.2 Å². The van der Waals surface area contributed by atoms with Gasteiger partial charge in [0, 0.05) is 51.7 Å². The number of rotatable bonds is 8. The highest BCUT2D eigenvalue weighted by Crippen LogP contribution is 2.24. The summed E-state index contributed by atoms with van der Waals surface area (Å²) in [5.41, 5.74) is 1.67. The molecule has 1 saturated heterocycles. The maximum atomic E-state index is 12.8. The fraction of sp³-hybridized carbons (Fsp3) is 0.455. The van der Waals surface area contributed by atoms with Crippen molar-refractivity contribution in [3.05, 3.63) is 47.9 Å². The number of aliphatic hydroxyl groups excluding tert-OH is 1. The van der Waals surface area contributed by atoms with Crippen LogP contribution in [-0.4, -0.2) is 77.7 Å². The number of hydrogen-bond donors (Lipinski definition) is 3. The number of aliphatic hydroxyl groups is 1. The molecule has 0 aliphatic carbocycles. The molecule has 1 aliphatic heterocycles. The van der Waals surface area contributed by atoms with Gasteiger partial charge < -0.3 is 25.5 Å². The summed E-state index contributed by atoms with van der Waals surface area (Å²) in [6, 6.07) is 7.09. The van der Waals surface area contributed by atoms with Crippen LogP contribution in [0.3, 0.4) is 0 Å². The fourth-order valence-electron chi connectivity index (χ4n) is 3.31. The maximum Gasteiger partial charge on any atom is 0.272 e. The van der Waals surface area contributed by atoms with Gasteiger partial charge in [0.05, 0.1) is 17.9 Å². The second-order valence-corrected chi connectivity index (χ2v) is 7.84. The third-order valence-corrected chi connectivity index (χ3v) is 5.00. The molecular formula is C22H30N6O3. The summed E-state index contributed by atoms with van der Waals surface area (Å²) in [5, 5.41) is 14.8. The SMILES string of the molecule is CC(C)CNc1cccnc1N1CCN(C(=O)c2ccc(C(=O)NCCO)cn2)CC1. The lowest BCUT2D eigenvalue weighted by atomic mass is 10.2. The fourth-order valence-corrected chi connectivity index (χ4v) is 3.31. The second-order valence-electron chi connectivity index (χ2n) is 7.84. The smallest absolute Gasteiger partial charge is 0.272 e. The van der Waals surface area contributed by atoms with Gasteiger partial charge in [0.25, 0.3) is 11.8 Å². The van der Waals surface area contributed by atoms with E-state index in [4.69, 9.17) is 5.11 Å². The van der Waals surface area contributed by atoms with Gasteiger partial charge in [-0.2, -0.15) is 0 Å². The molecule has 0 radical (unpaired) electrons. The van der Waals surface area contributed by atoms with Crippen LogP contribution in [0.1, 0.15) is 34.7 Å². The van der Waals surface area contributed by atoms with Crippen LogP contribution >= 0.6 is 0 Å². The topological polar surface area (TPSA) is 111 Å². The van der Waals surface area contributed by atoms with Gasteiger partial charge in [-0.3, -0.25) is 14.6 Å². The molecule has 0 aromatic carbocycles. The van der Waals surface area contributed by atoms with Crippen molar-refractivity contribution in [2.24, 2.45) is 5.92 Å². The lowest BCUT2D eigenvalue weighted by Crippen LogP contribution is -2.49. The molecule has 0 spiro atoms. The predicted octanol–water partition coefficient (Wildman–Crippen LogP) is 1.23. The van der Waals surface area contributed by atoms with Crippen molar-refractivity contribution in [2.75, 3.05) is 56.1 Å². The van der Waals surface area contributed by atoms with E-state index in [2.05, 4.69) is 39.3 Å². The monoisotopic (exact) mass is 426 g/mol. The van der Waals surface area contributed by atoms with Gasteiger partial charge in [-0.15, -0.1) is 0 Å². The van der Waals surface area contributed by atoms with Gasteiger partial charge in [0.2, 0.25) is 0 Å². The Kier molecular flexibility index (Phi) is 7.77. The van der Waals surface area contributed by atoms with Crippen LogP contribution < -0.4 is 15.5 Å². The number of nitrogens with zero attached hydrogens (tertiary/aromatic N) is 4. The van der Waals surface area contributed by atoms with Crippen molar-refractivity contribution >= 4 is 23.3 Å². The first-order chi connectivity index (χ1) is 15.0. The maximum absolute atomic E-state index is 12.8. The van der Waals surface area contributed by atoms with Crippen LogP contribution in [0.5, 0.6) is 0 Å². The minimum absolute atomic E-state index is 0.129. The quantitative estimate of drug-likeness (QED) is 0.582. The van der Waals surface area contributed by atoms with Gasteiger partial charge >= 0.3 is 0 Å². The molecule has 2 aromatic rings. The summed E-state index contributed by atoms with van der Waals surface area (Å²) in [6.07, 6.45) is 3.17. The zero-order chi connectivity index (χ0) is 22.2. The Morgan fingerprint density at radius 1 is 1.13 bits per heavy atom. The van der Waals surface area contributed by atoms with Crippen LogP contribution in [0, 0.1) is 5.92 Å². The number of carbonyl (C=O) groups is 2. The van der Waals surface area contributed by atoms with Crippen molar-refractivity contribution < 1.29 is 14.7 Å². The zero-order valence-electron chi connectivity index (χ0n) is 18.0. The normalized spacial score (nSPS) is 13.9. The lowest BCUT2D eigenvalue weighted by Gasteiger charge is -2.36. The highest BCUT2D eigenvalue weighted by molar-refractivity contribution is 5.96. The summed E-state index contributed by atoms with van der Waals surface area (Å²) in [7, 11) is 0. The third-order valence-electron chi connectivity index (χ3n) is 5.00. The average Bonchev–Trinajstić information content (AvgIpc) is 2.81. The summed E-state index contributed by atoms with van der Waals surface area (Å²) >= 11 is 0. The van der Waals surface area contributed by atoms with E-state index in [-0.39, 0.29) is 25.0 Å². The van der Waals surface area contributed by atoms with Crippen LogP contribution in [0.25, 0.3) is 0 Å². The number of aromatic nitrogens is 2. The van der Waals surface area contributed by atoms with Gasteiger partial charge in [-0.25, -0.2) is 4.98 Å². The van der Waals surface area contributed by atoms with Gasteiger partial charge in [0.15, 0.2) is 5.82 Å². The number of pyridine rings is 2. The van der Waals surface area contributed by atoms with Crippen molar-refractivity contribution in [1.29, 1.82) is 0 Å². The van der Waals surface area contributed by atoms with E-state index >= 15 is 0 Å². The summed E-state index contributed by atoms with van der Waals surface area (Å²) in [4.78, 5) is 37.4. The lowest BCUT2D eigenvalue weighted by molar-refractivity contribution is 0.0740. The van der Waals surface area contributed by atoms with E-state index in [1.165, 1.54) is 6.20 Å². The number of anilines is 2. The molecule has 2 aromatic heterocycles. The molecule has 3 N–H and O–H groups in total. The zero-order valence-corrected chi connectivity index (χ0v) is 18.0. The second kappa shape index (κ2) is 10.7. The molecule has 31 heavy (non-hydrogen) atoms. The molecule has 1 aliphatic rings. The van der Waals surface area contributed by atoms with Gasteiger partial charge in [-0.1, -0.05) is 13.8 Å². The standard InChI is InChI=1S/C22H30N6O3/c1-16(2)14-25-18-4-3-7-23-20(18)27-9-11-28(12-10-27)22(31)19-6-5-17(15-26-19)21(30)24-8-13-29/h3-7,15-16,25,29H,8-14H2,1-2H3,(H,24,30). The molecule has 0 bridgehead atoms. The van der Waals surface area contributed by atoms with Crippen LogP contribution in [0.15, 0.2) is 36.7 Å². The Bertz CT molecular complexity index is 879. The third kappa shape index (κ3) is 5.91. The first-order valence-electron chi connectivity index (χ1n) is 10.6. The van der Waals surface area contributed by atoms with Crippen LogP contribution in [-0.2, 0) is 0 Å². The number of carbonyl (C=O) groups excluding carboxylic acids is 2. The molecule has 0 saturated carbocycles. The summed E-state index contributed by atoms with van der Waals surface area (Å²) < 4.78 is 0. The number of hydrogen-bond acceptors (Lipinski definition) is 7. The molecule has 9 nitrogen and oxygen atoms in total. The van der Waals surface area contributed by atoms with E-state index in [9.17, 15) is 9.59 Å². The van der Waals surface area contributed by atoms with E-state index < -0.39 is 0 Å². The predicted molar refractivity (Wildman–Crippen MR) is 119 cm³/mol. The highest BCUT2D eigenvalue weighted by Gasteiger charge is 2.25. The van der Waals surface area contributed by atoms with E-state index in [1.54, 1.807) is 23.2 Å². The molecule has 1 fully saturated rings. The van der Waals surface area contributed by atoms with Crippen LogP contribution in [0.2, 0.25) is 0 Å². The molecule has 3 rings (SSSR count). The van der Waals surface area contributed by atoms with E-state index in [1.807, 2.05) is 12.1 Å². The Balaban J connectivity index is 1.59. The molecule has 3 heterocycles. The van der Waals surface area contributed by atoms with Crippen molar-refractivity contribution in [2.45, 2.75) is 13.8 Å². The highest BCUT2D eigenvalue weighted by atomic mass is 16.3. The minimum Gasteiger partial charge on any atom is -0.395 e. The Morgan fingerprint density at radius 2 is 1.90 bits per heavy atom. The summed E-state index contributed by atoms with van der Waals surface area (Å²) in [5.74, 6) is 0.960. The number of amides is 2. The number of nitrogens with one attached hydrogen (secondary N) is 2. The first-order valence-corrected chi connectivity index (χ1v) is 10.6. The Hall–Kier alpha value is -3.20. The molecule has 0 unspecified atom stereocenters. The first kappa shape index (κ1) is 22.5.